The molecule has 0 aliphatic carbocycles. The van der Waals surface area contributed by atoms with E-state index in [0.29, 0.717) is 0 Å². The number of benzene rings is 1. The van der Waals surface area contributed by atoms with E-state index in [0.717, 1.165) is 0 Å². The van der Waals surface area contributed by atoms with Gasteiger partial charge in [0.05, 0.1) is 17.6 Å². The summed E-state index contributed by atoms with van der Waals surface area (Å²) >= 11 is 0. The van der Waals surface area contributed by atoms with E-state index in [2.05, 4.69) is 19.1 Å². The Bertz CT molecular complexity index is 662. The number of nitrogens with one attached hydrogen (secondary N) is 1. The number of methoxy groups -OCH3 is 1. The van der Waals surface area contributed by atoms with Crippen molar-refractivity contribution in [3.05, 3.63) is 42.2 Å². The molecule has 1 N–H and O–H groups in total. The van der Waals surface area contributed by atoms with E-state index in [9.17, 15) is 13.2 Å². The zero-order chi connectivity index (χ0) is 13.9. The van der Waals surface area contributed by atoms with Crippen LogP contribution in [0.1, 0.15) is 10.4 Å². The molecule has 1 heterocycles. The van der Waals surface area contributed by atoms with E-state index < -0.39 is 16.0 Å². The fraction of sp³-hybridized carbons (Fsp3) is 0.0909. The highest BCUT2D eigenvalue weighted by atomic mass is 32.2. The molecule has 0 unspecified atom stereocenters. The smallest absolute Gasteiger partial charge is 0.337 e. The van der Waals surface area contributed by atoms with Crippen LogP contribution >= 0.6 is 0 Å². The first-order valence-electron chi connectivity index (χ1n) is 5.14. The van der Waals surface area contributed by atoms with Crippen LogP contribution < -0.4 is 4.72 Å². The molecule has 19 heavy (non-hydrogen) atoms. The first kappa shape index (κ1) is 13.1. The summed E-state index contributed by atoms with van der Waals surface area (Å²) < 4.78 is 35.2. The molecule has 0 amide bonds. The van der Waals surface area contributed by atoms with E-state index in [1.807, 2.05) is 0 Å². The molecule has 7 nitrogen and oxygen atoms in total. The molecule has 1 aromatic carbocycles. The molecule has 0 bridgehead atoms. The predicted octanol–water partition coefficient (Wildman–Crippen LogP) is 1.26. The number of hydrogen-bond donors (Lipinski definition) is 1. The van der Waals surface area contributed by atoms with Gasteiger partial charge >= 0.3 is 5.97 Å². The average molecular weight is 282 g/mol. The summed E-state index contributed by atoms with van der Waals surface area (Å²) in [5.74, 6) is -0.453. The fourth-order valence-electron chi connectivity index (χ4n) is 1.35. The van der Waals surface area contributed by atoms with Crippen LogP contribution in [0.3, 0.4) is 0 Å². The van der Waals surface area contributed by atoms with E-state index in [-0.39, 0.29) is 16.3 Å². The maximum Gasteiger partial charge on any atom is 0.337 e. The number of nitrogens with zero attached hydrogens (tertiary/aromatic N) is 1. The lowest BCUT2D eigenvalue weighted by atomic mass is 10.2. The number of ether oxygens (including phenoxy) is 1. The van der Waals surface area contributed by atoms with E-state index in [4.69, 9.17) is 0 Å². The summed E-state index contributed by atoms with van der Waals surface area (Å²) in [4.78, 5) is 11.2. The molecule has 0 saturated carbocycles. The Labute approximate surface area is 109 Å². The zero-order valence-corrected chi connectivity index (χ0v) is 10.7. The quantitative estimate of drug-likeness (QED) is 0.848. The maximum absolute atomic E-state index is 11.9. The van der Waals surface area contributed by atoms with Crippen molar-refractivity contribution in [1.29, 1.82) is 0 Å². The van der Waals surface area contributed by atoms with E-state index in [1.54, 1.807) is 0 Å². The Morgan fingerprint density at radius 1 is 1.26 bits per heavy atom. The molecular formula is C11H10N2O5S. The topological polar surface area (TPSA) is 98.5 Å². The van der Waals surface area contributed by atoms with Crippen LogP contribution in [0.25, 0.3) is 0 Å². The van der Waals surface area contributed by atoms with Gasteiger partial charge in [-0.1, -0.05) is 5.16 Å². The molecule has 0 radical (unpaired) electrons. The molecule has 0 atom stereocenters. The van der Waals surface area contributed by atoms with Crippen molar-refractivity contribution < 1.29 is 22.5 Å². The van der Waals surface area contributed by atoms with Crippen LogP contribution in [-0.2, 0) is 14.8 Å². The van der Waals surface area contributed by atoms with Gasteiger partial charge in [-0.25, -0.2) is 13.2 Å². The molecule has 2 aromatic rings. The third-order valence-corrected chi connectivity index (χ3v) is 3.63. The van der Waals surface area contributed by atoms with Crippen molar-refractivity contribution in [2.24, 2.45) is 0 Å². The molecule has 2 rings (SSSR count). The number of carbonyl (C=O) groups excluding carboxylic acids is 1. The Balaban J connectivity index is 2.24. The number of aromatic nitrogens is 1. The third-order valence-electron chi connectivity index (χ3n) is 2.26. The van der Waals surface area contributed by atoms with Crippen LogP contribution in [0.2, 0.25) is 0 Å². The highest BCUT2D eigenvalue weighted by Crippen LogP contribution is 2.15. The van der Waals surface area contributed by atoms with Gasteiger partial charge in [0.25, 0.3) is 10.0 Å². The molecular weight excluding hydrogens is 272 g/mol. The molecule has 100 valence electrons. The van der Waals surface area contributed by atoms with Gasteiger partial charge in [-0.15, -0.1) is 0 Å². The number of sulfonamides is 1. The minimum Gasteiger partial charge on any atom is -0.465 e. The van der Waals surface area contributed by atoms with Crippen molar-refractivity contribution in [3.63, 3.8) is 0 Å². The number of rotatable bonds is 4. The summed E-state index contributed by atoms with van der Waals surface area (Å²) in [5.41, 5.74) is 0.267. The first-order chi connectivity index (χ1) is 9.03. The summed E-state index contributed by atoms with van der Waals surface area (Å²) in [6, 6.07) is 6.70. The number of esters is 1. The lowest BCUT2D eigenvalue weighted by Crippen LogP contribution is -2.13. The number of carbonyl (C=O) groups is 1. The highest BCUT2D eigenvalue weighted by molar-refractivity contribution is 7.92. The molecule has 0 spiro atoms. The Hall–Kier alpha value is -2.35. The second-order valence-corrected chi connectivity index (χ2v) is 5.19. The van der Waals surface area contributed by atoms with Gasteiger partial charge in [0, 0.05) is 6.07 Å². The van der Waals surface area contributed by atoms with Crippen molar-refractivity contribution in [2.75, 3.05) is 11.8 Å². The van der Waals surface area contributed by atoms with Crippen molar-refractivity contribution >= 4 is 21.8 Å². The standard InChI is InChI=1S/C11H10N2O5S/c1-17-11(14)8-2-4-9(5-3-8)19(15,16)13-10-6-7-18-12-10/h2-7H,1H3,(H,12,13). The highest BCUT2D eigenvalue weighted by Gasteiger charge is 2.16. The molecule has 0 aliphatic heterocycles. The Kier molecular flexibility index (Phi) is 3.52. The predicted molar refractivity (Wildman–Crippen MR) is 65.1 cm³/mol. The van der Waals surface area contributed by atoms with Crippen molar-refractivity contribution in [2.45, 2.75) is 4.90 Å². The van der Waals surface area contributed by atoms with Crippen LogP contribution in [-0.4, -0.2) is 26.7 Å². The summed E-state index contributed by atoms with van der Waals surface area (Å²) in [7, 11) is -2.51. The summed E-state index contributed by atoms with van der Waals surface area (Å²) in [6.07, 6.45) is 1.25. The molecule has 0 fully saturated rings. The summed E-state index contributed by atoms with van der Waals surface area (Å²) in [6.45, 7) is 0. The van der Waals surface area contributed by atoms with Crippen LogP contribution in [0.5, 0.6) is 0 Å². The monoisotopic (exact) mass is 282 g/mol. The lowest BCUT2D eigenvalue weighted by molar-refractivity contribution is 0.0600. The van der Waals surface area contributed by atoms with Crippen LogP contribution in [0.15, 0.2) is 46.0 Å². The normalized spacial score (nSPS) is 11.0. The van der Waals surface area contributed by atoms with Gasteiger partial charge in [-0.3, -0.25) is 4.72 Å². The van der Waals surface area contributed by atoms with Gasteiger partial charge in [-0.2, -0.15) is 0 Å². The van der Waals surface area contributed by atoms with Crippen LogP contribution in [0.4, 0.5) is 5.82 Å². The maximum atomic E-state index is 11.9. The van der Waals surface area contributed by atoms with E-state index in [1.165, 1.54) is 43.7 Å². The van der Waals surface area contributed by atoms with Gasteiger partial charge < -0.3 is 9.26 Å². The molecule has 0 aliphatic rings. The Morgan fingerprint density at radius 3 is 2.47 bits per heavy atom. The fourth-order valence-corrected chi connectivity index (χ4v) is 2.34. The Morgan fingerprint density at radius 2 is 1.95 bits per heavy atom. The number of anilines is 1. The zero-order valence-electron chi connectivity index (χ0n) is 9.86. The minimum atomic E-state index is -3.76. The van der Waals surface area contributed by atoms with Crippen molar-refractivity contribution in [3.8, 4) is 0 Å². The van der Waals surface area contributed by atoms with Gasteiger partial charge in [0.15, 0.2) is 5.82 Å². The van der Waals surface area contributed by atoms with Crippen molar-refractivity contribution in [1.82, 2.24) is 5.16 Å². The molecule has 8 heteroatoms. The van der Waals surface area contributed by atoms with E-state index >= 15 is 0 Å². The minimum absolute atomic E-state index is 0.00292. The molecule has 1 aromatic heterocycles. The van der Waals surface area contributed by atoms with Gasteiger partial charge in [-0.05, 0) is 24.3 Å². The lowest BCUT2D eigenvalue weighted by Gasteiger charge is -2.05. The third kappa shape index (κ3) is 2.91. The SMILES string of the molecule is COC(=O)c1ccc(S(=O)(=O)Nc2ccon2)cc1. The van der Waals surface area contributed by atoms with Gasteiger partial charge in [0.1, 0.15) is 6.26 Å². The largest absolute Gasteiger partial charge is 0.465 e. The summed E-state index contributed by atoms with van der Waals surface area (Å²) in [5, 5.41) is 3.45. The molecule has 0 saturated heterocycles. The van der Waals surface area contributed by atoms with Crippen LogP contribution in [0, 0.1) is 0 Å². The first-order valence-corrected chi connectivity index (χ1v) is 6.63. The second-order valence-electron chi connectivity index (χ2n) is 3.51. The second kappa shape index (κ2) is 5.11. The average Bonchev–Trinajstić information content (AvgIpc) is 2.90. The number of hydrogen-bond acceptors (Lipinski definition) is 6. The van der Waals surface area contributed by atoms with Gasteiger partial charge in [0.2, 0.25) is 0 Å².